The lowest BCUT2D eigenvalue weighted by molar-refractivity contribution is 0.793. The van der Waals surface area contributed by atoms with Crippen molar-refractivity contribution in [3.05, 3.63) is 48.6 Å². The molecule has 0 aliphatic carbocycles. The van der Waals surface area contributed by atoms with Crippen molar-refractivity contribution in [3.8, 4) is 0 Å². The zero-order valence-corrected chi connectivity index (χ0v) is 11.7. The molecular formula is C16H25N. The van der Waals surface area contributed by atoms with Crippen molar-refractivity contribution in [3.63, 3.8) is 0 Å². The van der Waals surface area contributed by atoms with Gasteiger partial charge < -0.3 is 0 Å². The third-order valence-electron chi connectivity index (χ3n) is 2.65. The molecule has 0 aliphatic rings. The Morgan fingerprint density at radius 2 is 2.00 bits per heavy atom. The van der Waals surface area contributed by atoms with E-state index in [4.69, 9.17) is 0 Å². The third-order valence-corrected chi connectivity index (χ3v) is 2.65. The molecule has 0 unspecified atom stereocenters. The van der Waals surface area contributed by atoms with Crippen LogP contribution in [-0.2, 0) is 0 Å². The van der Waals surface area contributed by atoms with Crippen molar-refractivity contribution < 1.29 is 0 Å². The van der Waals surface area contributed by atoms with Crippen molar-refractivity contribution in [2.45, 2.75) is 34.1 Å². The molecule has 0 bridgehead atoms. The van der Waals surface area contributed by atoms with Crippen LogP contribution >= 0.6 is 0 Å². The van der Waals surface area contributed by atoms with Gasteiger partial charge in [0.25, 0.3) is 0 Å². The van der Waals surface area contributed by atoms with Crippen molar-refractivity contribution in [2.75, 3.05) is 6.54 Å². The van der Waals surface area contributed by atoms with Gasteiger partial charge in [0.1, 0.15) is 0 Å². The number of hydrogen-bond donors (Lipinski definition) is 0. The highest BCUT2D eigenvalue weighted by Crippen LogP contribution is 2.14. The summed E-state index contributed by atoms with van der Waals surface area (Å²) in [6, 6.07) is 0. The van der Waals surface area contributed by atoms with E-state index in [0.29, 0.717) is 12.5 Å². The van der Waals surface area contributed by atoms with Crippen LogP contribution in [0.2, 0.25) is 0 Å². The van der Waals surface area contributed by atoms with Gasteiger partial charge in [-0.1, -0.05) is 63.8 Å². The molecule has 0 heterocycles. The molecular weight excluding hydrogens is 206 g/mol. The first-order valence-electron chi connectivity index (χ1n) is 6.21. The Balaban J connectivity index is 4.70. The second kappa shape index (κ2) is 8.74. The van der Waals surface area contributed by atoms with Crippen LogP contribution in [-0.4, -0.2) is 12.3 Å². The first-order chi connectivity index (χ1) is 8.02. The SMILES string of the molecule is C=C/C=C/CN=C(C)/C(=C/C(=C)C(C)C)CC. The van der Waals surface area contributed by atoms with Gasteiger partial charge in [0, 0.05) is 5.71 Å². The summed E-state index contributed by atoms with van der Waals surface area (Å²) >= 11 is 0. The predicted octanol–water partition coefficient (Wildman–Crippen LogP) is 4.74. The smallest absolute Gasteiger partial charge is 0.0576 e. The predicted molar refractivity (Wildman–Crippen MR) is 79.7 cm³/mol. The molecule has 0 rings (SSSR count). The highest BCUT2D eigenvalue weighted by atomic mass is 14.7. The van der Waals surface area contributed by atoms with Crippen LogP contribution in [0.5, 0.6) is 0 Å². The van der Waals surface area contributed by atoms with Crippen LogP contribution < -0.4 is 0 Å². The molecule has 0 spiro atoms. The molecule has 17 heavy (non-hydrogen) atoms. The summed E-state index contributed by atoms with van der Waals surface area (Å²) in [5, 5.41) is 0. The molecule has 0 saturated heterocycles. The highest BCUT2D eigenvalue weighted by molar-refractivity contribution is 5.98. The van der Waals surface area contributed by atoms with E-state index in [1.165, 1.54) is 5.57 Å². The van der Waals surface area contributed by atoms with Gasteiger partial charge in [-0.25, -0.2) is 0 Å². The van der Waals surface area contributed by atoms with Crippen molar-refractivity contribution in [2.24, 2.45) is 10.9 Å². The Morgan fingerprint density at radius 1 is 1.35 bits per heavy atom. The van der Waals surface area contributed by atoms with Crippen molar-refractivity contribution in [1.82, 2.24) is 0 Å². The molecule has 0 aromatic carbocycles. The molecule has 1 heteroatoms. The number of nitrogens with zero attached hydrogens (tertiary/aromatic N) is 1. The molecule has 0 atom stereocenters. The number of allylic oxidation sites excluding steroid dienone is 5. The summed E-state index contributed by atoms with van der Waals surface area (Å²) in [6.07, 6.45) is 8.84. The maximum Gasteiger partial charge on any atom is 0.0576 e. The molecule has 94 valence electrons. The summed E-state index contributed by atoms with van der Waals surface area (Å²) in [7, 11) is 0. The van der Waals surface area contributed by atoms with Crippen LogP contribution in [0, 0.1) is 5.92 Å². The van der Waals surface area contributed by atoms with Crippen LogP contribution in [0.1, 0.15) is 34.1 Å². The molecule has 1 nitrogen and oxygen atoms in total. The quantitative estimate of drug-likeness (QED) is 0.443. The first kappa shape index (κ1) is 15.6. The minimum Gasteiger partial charge on any atom is -0.286 e. The lowest BCUT2D eigenvalue weighted by Crippen LogP contribution is -2.00. The van der Waals surface area contributed by atoms with Gasteiger partial charge in [-0.3, -0.25) is 4.99 Å². The summed E-state index contributed by atoms with van der Waals surface area (Å²) < 4.78 is 0. The van der Waals surface area contributed by atoms with E-state index in [9.17, 15) is 0 Å². The molecule has 0 aliphatic heterocycles. The first-order valence-corrected chi connectivity index (χ1v) is 6.21. The number of rotatable bonds is 7. The molecule has 0 saturated carbocycles. The zero-order valence-electron chi connectivity index (χ0n) is 11.7. The Labute approximate surface area is 106 Å². The fourth-order valence-electron chi connectivity index (χ4n) is 1.30. The van der Waals surface area contributed by atoms with Gasteiger partial charge >= 0.3 is 0 Å². The minimum atomic E-state index is 0.491. The van der Waals surface area contributed by atoms with E-state index in [-0.39, 0.29) is 0 Å². The van der Waals surface area contributed by atoms with Crippen molar-refractivity contribution >= 4 is 5.71 Å². The standard InChI is InChI=1S/C16H25N/c1-7-9-10-11-17-15(6)16(8-2)12-14(5)13(3)4/h7,9-10,12-13H,1,5,8,11H2,2-4,6H3/b10-9+,16-12+,17-15?. The van der Waals surface area contributed by atoms with Crippen LogP contribution in [0.3, 0.4) is 0 Å². The van der Waals surface area contributed by atoms with Crippen molar-refractivity contribution in [1.29, 1.82) is 0 Å². The van der Waals surface area contributed by atoms with E-state index < -0.39 is 0 Å². The molecule has 0 aromatic heterocycles. The minimum absolute atomic E-state index is 0.491. The van der Waals surface area contributed by atoms with Gasteiger partial charge in [0.2, 0.25) is 0 Å². The molecule has 0 aromatic rings. The lowest BCUT2D eigenvalue weighted by Gasteiger charge is -2.08. The normalized spacial score (nSPS) is 13.5. The maximum absolute atomic E-state index is 4.52. The number of aliphatic imine (C=N–C) groups is 1. The van der Waals surface area contributed by atoms with Gasteiger partial charge in [0.05, 0.1) is 6.54 Å². The second-order valence-corrected chi connectivity index (χ2v) is 4.34. The van der Waals surface area contributed by atoms with E-state index in [0.717, 1.165) is 17.7 Å². The Morgan fingerprint density at radius 3 is 2.47 bits per heavy atom. The van der Waals surface area contributed by atoms with E-state index in [1.54, 1.807) is 6.08 Å². The molecule has 0 amide bonds. The fraction of sp³-hybridized carbons (Fsp3) is 0.438. The zero-order chi connectivity index (χ0) is 13.3. The topological polar surface area (TPSA) is 12.4 Å². The van der Waals surface area contributed by atoms with Gasteiger partial charge in [-0.05, 0) is 24.8 Å². The van der Waals surface area contributed by atoms with E-state index in [2.05, 4.69) is 51.9 Å². The van der Waals surface area contributed by atoms with Gasteiger partial charge in [0.15, 0.2) is 0 Å². The molecule has 0 radical (unpaired) electrons. The summed E-state index contributed by atoms with van der Waals surface area (Å²) in [5.41, 5.74) is 3.54. The molecule has 0 fully saturated rings. The van der Waals surface area contributed by atoms with E-state index in [1.807, 2.05) is 12.2 Å². The van der Waals surface area contributed by atoms with Gasteiger partial charge in [-0.15, -0.1) is 0 Å². The maximum atomic E-state index is 4.52. The summed E-state index contributed by atoms with van der Waals surface area (Å²) in [4.78, 5) is 4.52. The average molecular weight is 231 g/mol. The number of hydrogen-bond acceptors (Lipinski definition) is 1. The van der Waals surface area contributed by atoms with Crippen LogP contribution in [0.4, 0.5) is 0 Å². The van der Waals surface area contributed by atoms with Gasteiger partial charge in [-0.2, -0.15) is 0 Å². The Kier molecular flexibility index (Phi) is 8.04. The summed E-state index contributed by atoms with van der Waals surface area (Å²) in [5.74, 6) is 0.491. The largest absolute Gasteiger partial charge is 0.286 e. The third kappa shape index (κ3) is 6.72. The monoisotopic (exact) mass is 231 g/mol. The van der Waals surface area contributed by atoms with Crippen LogP contribution in [0.15, 0.2) is 53.6 Å². The lowest BCUT2D eigenvalue weighted by atomic mass is 9.99. The second-order valence-electron chi connectivity index (χ2n) is 4.34. The molecule has 0 N–H and O–H groups in total. The Bertz CT molecular complexity index is 341. The highest BCUT2D eigenvalue weighted by Gasteiger charge is 2.02. The van der Waals surface area contributed by atoms with Crippen LogP contribution in [0.25, 0.3) is 0 Å². The Hall–Kier alpha value is -1.37. The average Bonchev–Trinajstić information content (AvgIpc) is 2.30. The van der Waals surface area contributed by atoms with E-state index >= 15 is 0 Å². The summed E-state index contributed by atoms with van der Waals surface area (Å²) in [6.45, 7) is 16.9. The fourth-order valence-corrected chi connectivity index (χ4v) is 1.30.